The predicted molar refractivity (Wildman–Crippen MR) is 106 cm³/mol. The third kappa shape index (κ3) is 5.48. The first-order chi connectivity index (χ1) is 12.3. The summed E-state index contributed by atoms with van der Waals surface area (Å²) in [6.45, 7) is 6.04. The lowest BCUT2D eigenvalue weighted by Gasteiger charge is -2.16. The highest BCUT2D eigenvalue weighted by molar-refractivity contribution is 6.36. The lowest BCUT2D eigenvalue weighted by atomic mass is 9.99. The molecule has 2 aromatic carbocycles. The Labute approximate surface area is 163 Å². The van der Waals surface area contributed by atoms with Gasteiger partial charge in [0.05, 0.1) is 23.2 Å². The summed E-state index contributed by atoms with van der Waals surface area (Å²) in [4.78, 5) is 24.2. The van der Waals surface area contributed by atoms with Gasteiger partial charge in [-0.05, 0) is 42.2 Å². The third-order valence-corrected chi connectivity index (χ3v) is 4.61. The number of rotatable bonds is 6. The molecule has 0 spiro atoms. The van der Waals surface area contributed by atoms with Crippen molar-refractivity contribution in [3.8, 4) is 0 Å². The fourth-order valence-electron chi connectivity index (χ4n) is 2.47. The second-order valence-corrected chi connectivity index (χ2v) is 7.26. The zero-order valence-corrected chi connectivity index (χ0v) is 16.5. The Bertz CT molecular complexity index is 789. The van der Waals surface area contributed by atoms with E-state index in [1.165, 1.54) is 17.7 Å². The second kappa shape index (κ2) is 9.06. The Morgan fingerprint density at radius 1 is 0.962 bits per heavy atom. The van der Waals surface area contributed by atoms with Crippen LogP contribution in [0.5, 0.6) is 0 Å². The van der Waals surface area contributed by atoms with E-state index in [1.54, 1.807) is 6.07 Å². The van der Waals surface area contributed by atoms with Gasteiger partial charge < -0.3 is 10.6 Å². The van der Waals surface area contributed by atoms with Crippen LogP contribution in [-0.2, 0) is 4.79 Å². The maximum atomic E-state index is 12.1. The van der Waals surface area contributed by atoms with E-state index in [9.17, 15) is 9.59 Å². The van der Waals surface area contributed by atoms with E-state index in [0.717, 1.165) is 5.56 Å². The number of hydrogen-bond donors (Lipinski definition) is 2. The molecular formula is C20H22Cl2N2O2. The summed E-state index contributed by atoms with van der Waals surface area (Å²) >= 11 is 11.8. The Hall–Kier alpha value is -2.04. The predicted octanol–water partition coefficient (Wildman–Crippen LogP) is 4.72. The average Bonchev–Trinajstić information content (AvgIpc) is 2.59. The van der Waals surface area contributed by atoms with Crippen LogP contribution >= 0.6 is 23.2 Å². The summed E-state index contributed by atoms with van der Waals surface area (Å²) in [6, 6.07) is 12.6. The number of amides is 2. The van der Waals surface area contributed by atoms with E-state index in [2.05, 4.69) is 36.6 Å². The van der Waals surface area contributed by atoms with Crippen molar-refractivity contribution in [2.24, 2.45) is 0 Å². The molecule has 138 valence electrons. The number of halogens is 2. The summed E-state index contributed by atoms with van der Waals surface area (Å²) in [7, 11) is 0. The molecule has 0 aliphatic rings. The van der Waals surface area contributed by atoms with Gasteiger partial charge in [0.2, 0.25) is 5.91 Å². The van der Waals surface area contributed by atoms with Crippen LogP contribution in [0.3, 0.4) is 0 Å². The smallest absolute Gasteiger partial charge is 0.253 e. The van der Waals surface area contributed by atoms with Crippen molar-refractivity contribution in [1.82, 2.24) is 10.6 Å². The topological polar surface area (TPSA) is 58.2 Å². The van der Waals surface area contributed by atoms with Crippen LogP contribution in [0.2, 0.25) is 10.0 Å². The molecule has 0 saturated carbocycles. The molecule has 6 heteroatoms. The summed E-state index contributed by atoms with van der Waals surface area (Å²) in [5.41, 5.74) is 2.54. The molecule has 0 aromatic heterocycles. The van der Waals surface area contributed by atoms with Gasteiger partial charge in [-0.25, -0.2) is 0 Å². The molecule has 0 heterocycles. The van der Waals surface area contributed by atoms with Crippen molar-refractivity contribution in [1.29, 1.82) is 0 Å². The zero-order valence-electron chi connectivity index (χ0n) is 15.0. The highest BCUT2D eigenvalue weighted by atomic mass is 35.5. The Kier molecular flexibility index (Phi) is 7.06. The lowest BCUT2D eigenvalue weighted by Crippen LogP contribution is -2.38. The molecule has 1 atom stereocenters. The minimum Gasteiger partial charge on any atom is -0.348 e. The minimum absolute atomic E-state index is 0.133. The van der Waals surface area contributed by atoms with Crippen LogP contribution in [0, 0.1) is 0 Å². The molecule has 0 saturated heterocycles. The maximum Gasteiger partial charge on any atom is 0.253 e. The number of hydrogen-bond acceptors (Lipinski definition) is 2. The van der Waals surface area contributed by atoms with Crippen LogP contribution in [-0.4, -0.2) is 18.4 Å². The molecule has 0 fully saturated rings. The van der Waals surface area contributed by atoms with Gasteiger partial charge in [-0.2, -0.15) is 0 Å². The summed E-state index contributed by atoms with van der Waals surface area (Å²) in [5, 5.41) is 6.12. The normalized spacial score (nSPS) is 11.9. The van der Waals surface area contributed by atoms with Crippen LogP contribution in [0.4, 0.5) is 0 Å². The van der Waals surface area contributed by atoms with Gasteiger partial charge in [-0.15, -0.1) is 0 Å². The molecule has 0 aliphatic carbocycles. The van der Waals surface area contributed by atoms with Crippen LogP contribution in [0.25, 0.3) is 0 Å². The van der Waals surface area contributed by atoms with E-state index in [4.69, 9.17) is 23.2 Å². The molecule has 0 radical (unpaired) electrons. The Morgan fingerprint density at radius 2 is 1.58 bits per heavy atom. The Balaban J connectivity index is 1.88. The molecule has 0 bridgehead atoms. The number of carbonyl (C=O) groups is 2. The quantitative estimate of drug-likeness (QED) is 0.746. The fraction of sp³-hybridized carbons (Fsp3) is 0.300. The standard InChI is InChI=1S/C20H22Cl2N2O2/c1-12(2)14-4-6-15(7-5-14)13(3)24-19(25)11-23-20(26)17-9-8-16(21)10-18(17)22/h4-10,12-13H,11H2,1-3H3,(H,23,26)(H,24,25). The third-order valence-electron chi connectivity index (χ3n) is 4.07. The van der Waals surface area contributed by atoms with Gasteiger partial charge in [0.25, 0.3) is 5.91 Å². The molecule has 2 aromatic rings. The summed E-state index contributed by atoms with van der Waals surface area (Å²) in [6.07, 6.45) is 0. The van der Waals surface area contributed by atoms with Crippen molar-refractivity contribution < 1.29 is 9.59 Å². The molecule has 1 unspecified atom stereocenters. The monoisotopic (exact) mass is 392 g/mol. The largest absolute Gasteiger partial charge is 0.348 e. The summed E-state index contributed by atoms with van der Waals surface area (Å²) in [5.74, 6) is -0.233. The van der Waals surface area contributed by atoms with E-state index in [0.29, 0.717) is 10.9 Å². The summed E-state index contributed by atoms with van der Waals surface area (Å²) < 4.78 is 0. The first kappa shape index (κ1) is 20.3. The maximum absolute atomic E-state index is 12.1. The molecule has 2 amide bonds. The van der Waals surface area contributed by atoms with Gasteiger partial charge in [0, 0.05) is 5.02 Å². The van der Waals surface area contributed by atoms with Crippen LogP contribution in [0.15, 0.2) is 42.5 Å². The highest BCUT2D eigenvalue weighted by Crippen LogP contribution is 2.21. The molecule has 0 aliphatic heterocycles. The molecule has 2 N–H and O–H groups in total. The first-order valence-electron chi connectivity index (χ1n) is 8.40. The highest BCUT2D eigenvalue weighted by Gasteiger charge is 2.14. The van der Waals surface area contributed by atoms with Crippen molar-refractivity contribution >= 4 is 35.0 Å². The van der Waals surface area contributed by atoms with E-state index in [-0.39, 0.29) is 29.1 Å². The van der Waals surface area contributed by atoms with Crippen molar-refractivity contribution in [2.75, 3.05) is 6.54 Å². The van der Waals surface area contributed by atoms with Crippen LogP contribution in [0.1, 0.15) is 54.2 Å². The van der Waals surface area contributed by atoms with Gasteiger partial charge in [-0.3, -0.25) is 9.59 Å². The first-order valence-corrected chi connectivity index (χ1v) is 9.16. The van der Waals surface area contributed by atoms with E-state index in [1.807, 2.05) is 19.1 Å². The Morgan fingerprint density at radius 3 is 2.15 bits per heavy atom. The van der Waals surface area contributed by atoms with Gasteiger partial charge in [0.1, 0.15) is 0 Å². The second-order valence-electron chi connectivity index (χ2n) is 6.42. The molecular weight excluding hydrogens is 371 g/mol. The fourth-order valence-corrected chi connectivity index (χ4v) is 2.97. The number of carbonyl (C=O) groups excluding carboxylic acids is 2. The number of benzene rings is 2. The van der Waals surface area contributed by atoms with Gasteiger partial charge >= 0.3 is 0 Å². The van der Waals surface area contributed by atoms with E-state index >= 15 is 0 Å². The van der Waals surface area contributed by atoms with Gasteiger partial charge in [0.15, 0.2) is 0 Å². The average molecular weight is 393 g/mol. The van der Waals surface area contributed by atoms with E-state index < -0.39 is 5.91 Å². The van der Waals surface area contributed by atoms with Crippen molar-refractivity contribution in [2.45, 2.75) is 32.7 Å². The molecule has 26 heavy (non-hydrogen) atoms. The molecule has 4 nitrogen and oxygen atoms in total. The zero-order chi connectivity index (χ0) is 19.3. The minimum atomic E-state index is -0.421. The molecule has 2 rings (SSSR count). The number of nitrogens with one attached hydrogen (secondary N) is 2. The van der Waals surface area contributed by atoms with Crippen LogP contribution < -0.4 is 10.6 Å². The SMILES string of the molecule is CC(C)c1ccc(C(C)NC(=O)CNC(=O)c2ccc(Cl)cc2Cl)cc1. The van der Waals surface area contributed by atoms with Crippen molar-refractivity contribution in [3.63, 3.8) is 0 Å². The lowest BCUT2D eigenvalue weighted by molar-refractivity contribution is -0.120. The van der Waals surface area contributed by atoms with Crippen molar-refractivity contribution in [3.05, 3.63) is 69.2 Å². The van der Waals surface area contributed by atoms with Gasteiger partial charge in [-0.1, -0.05) is 61.3 Å².